The maximum atomic E-state index is 12.4. The minimum absolute atomic E-state index is 0.0318. The van der Waals surface area contributed by atoms with Crippen LogP contribution in [0.3, 0.4) is 0 Å². The molecule has 0 aliphatic heterocycles. The Bertz CT molecular complexity index is 927. The number of hydrogen-bond donors (Lipinski definition) is 1. The minimum Gasteiger partial charge on any atom is -0.352 e. The van der Waals surface area contributed by atoms with Crippen molar-refractivity contribution in [3.05, 3.63) is 54.0 Å². The summed E-state index contributed by atoms with van der Waals surface area (Å²) in [6.07, 6.45) is 2.96. The second-order valence-electron chi connectivity index (χ2n) is 7.22. The van der Waals surface area contributed by atoms with E-state index in [4.69, 9.17) is 0 Å². The van der Waals surface area contributed by atoms with E-state index in [0.717, 1.165) is 27.7 Å². The lowest BCUT2D eigenvalue weighted by atomic mass is 9.96. The van der Waals surface area contributed by atoms with Gasteiger partial charge >= 0.3 is 0 Å². The van der Waals surface area contributed by atoms with E-state index >= 15 is 0 Å². The molecule has 2 heterocycles. The van der Waals surface area contributed by atoms with Crippen LogP contribution in [0.25, 0.3) is 5.65 Å². The Balaban J connectivity index is 1.93. The van der Waals surface area contributed by atoms with Crippen LogP contribution in [-0.4, -0.2) is 27.0 Å². The highest BCUT2D eigenvalue weighted by Gasteiger charge is 2.21. The molecule has 136 valence electrons. The van der Waals surface area contributed by atoms with Gasteiger partial charge in [0, 0.05) is 27.9 Å². The molecule has 1 N–H and O–H groups in total. The number of fused-ring (bicyclic) bond motifs is 1. The monoisotopic (exact) mass is 368 g/mol. The van der Waals surface area contributed by atoms with Crippen molar-refractivity contribution in [2.45, 2.75) is 49.3 Å². The zero-order valence-electron chi connectivity index (χ0n) is 15.6. The molecular weight excluding hydrogens is 344 g/mol. The molecule has 0 atom stereocenters. The number of pyridine rings is 1. The van der Waals surface area contributed by atoms with Gasteiger partial charge in [-0.15, -0.1) is 10.2 Å². The Morgan fingerprint density at radius 1 is 1.15 bits per heavy atom. The number of aromatic nitrogens is 3. The molecule has 3 rings (SSSR count). The van der Waals surface area contributed by atoms with Crippen molar-refractivity contribution in [1.82, 2.24) is 19.9 Å². The Morgan fingerprint density at radius 2 is 1.92 bits per heavy atom. The number of nitrogens with zero attached hydrogens (tertiary/aromatic N) is 3. The summed E-state index contributed by atoms with van der Waals surface area (Å²) in [4.78, 5) is 14.4. The Labute approximate surface area is 158 Å². The first kappa shape index (κ1) is 18.5. The lowest BCUT2D eigenvalue weighted by Crippen LogP contribution is -2.24. The predicted molar refractivity (Wildman–Crippen MR) is 105 cm³/mol. The summed E-state index contributed by atoms with van der Waals surface area (Å²) in [6.45, 7) is 9.09. The van der Waals surface area contributed by atoms with E-state index in [-0.39, 0.29) is 11.3 Å². The van der Waals surface area contributed by atoms with Crippen molar-refractivity contribution >= 4 is 23.3 Å². The van der Waals surface area contributed by atoms with Crippen LogP contribution in [0, 0.1) is 0 Å². The number of nitrogens with one attached hydrogen (secondary N) is 1. The Kier molecular flexibility index (Phi) is 5.32. The van der Waals surface area contributed by atoms with Crippen molar-refractivity contribution in [2.24, 2.45) is 0 Å². The van der Waals surface area contributed by atoms with Crippen LogP contribution in [0.1, 0.15) is 50.3 Å². The third kappa shape index (κ3) is 3.90. The summed E-state index contributed by atoms with van der Waals surface area (Å²) in [5.74, 6) is 0.889. The fraction of sp³-hybridized carbons (Fsp3) is 0.350. The highest BCUT2D eigenvalue weighted by Crippen LogP contribution is 2.31. The largest absolute Gasteiger partial charge is 0.352 e. The molecule has 0 saturated carbocycles. The third-order valence-electron chi connectivity index (χ3n) is 3.94. The molecule has 0 aliphatic rings. The molecule has 0 saturated heterocycles. The number of rotatable bonds is 5. The van der Waals surface area contributed by atoms with Gasteiger partial charge in [0.2, 0.25) is 0 Å². The molecule has 2 aromatic heterocycles. The molecule has 26 heavy (non-hydrogen) atoms. The molecular formula is C20H24N4OS. The molecule has 0 bridgehead atoms. The molecule has 1 aromatic carbocycles. The van der Waals surface area contributed by atoms with E-state index in [1.165, 1.54) is 0 Å². The summed E-state index contributed by atoms with van der Waals surface area (Å²) in [5, 5.41) is 11.5. The quantitative estimate of drug-likeness (QED) is 0.729. The number of carbonyl (C=O) groups excluding carboxylic acids is 1. The number of carbonyl (C=O) groups is 1. The Morgan fingerprint density at radius 3 is 2.65 bits per heavy atom. The van der Waals surface area contributed by atoms with Crippen molar-refractivity contribution in [3.63, 3.8) is 0 Å². The first-order chi connectivity index (χ1) is 12.4. The average molecular weight is 369 g/mol. The van der Waals surface area contributed by atoms with E-state index in [9.17, 15) is 4.79 Å². The topological polar surface area (TPSA) is 59.3 Å². The number of benzene rings is 1. The van der Waals surface area contributed by atoms with Crippen LogP contribution in [0.5, 0.6) is 0 Å². The van der Waals surface area contributed by atoms with Crippen LogP contribution in [0.15, 0.2) is 52.4 Å². The molecule has 5 nitrogen and oxygen atoms in total. The van der Waals surface area contributed by atoms with Crippen LogP contribution in [-0.2, 0) is 5.41 Å². The molecule has 0 aliphatic carbocycles. The van der Waals surface area contributed by atoms with Gasteiger partial charge in [-0.25, -0.2) is 0 Å². The van der Waals surface area contributed by atoms with Crippen molar-refractivity contribution in [3.8, 4) is 0 Å². The normalized spacial score (nSPS) is 11.7. The molecule has 1 amide bonds. The van der Waals surface area contributed by atoms with Gasteiger partial charge in [-0.05, 0) is 30.7 Å². The van der Waals surface area contributed by atoms with Gasteiger partial charge in [-0.3, -0.25) is 9.20 Å². The van der Waals surface area contributed by atoms with Gasteiger partial charge < -0.3 is 5.32 Å². The predicted octanol–water partition coefficient (Wildman–Crippen LogP) is 4.32. The summed E-state index contributed by atoms with van der Waals surface area (Å²) in [7, 11) is 0. The number of amides is 1. The van der Waals surface area contributed by atoms with Gasteiger partial charge in [0.1, 0.15) is 5.82 Å². The summed E-state index contributed by atoms with van der Waals surface area (Å²) in [5.41, 5.74) is 1.43. The van der Waals surface area contributed by atoms with Crippen molar-refractivity contribution < 1.29 is 4.79 Å². The second kappa shape index (κ2) is 7.50. The van der Waals surface area contributed by atoms with Crippen molar-refractivity contribution in [2.75, 3.05) is 6.54 Å². The van der Waals surface area contributed by atoms with Gasteiger partial charge in [0.25, 0.3) is 5.91 Å². The van der Waals surface area contributed by atoms with E-state index in [2.05, 4.69) is 36.3 Å². The average Bonchev–Trinajstić information content (AvgIpc) is 3.03. The van der Waals surface area contributed by atoms with E-state index in [1.54, 1.807) is 11.8 Å². The SMILES string of the molecule is CCCNC(=O)c1ccccc1Sc1ccc2nnc(C(C)(C)C)n2c1. The van der Waals surface area contributed by atoms with Gasteiger partial charge in [-0.2, -0.15) is 0 Å². The molecule has 0 radical (unpaired) electrons. The zero-order valence-corrected chi connectivity index (χ0v) is 16.4. The lowest BCUT2D eigenvalue weighted by molar-refractivity contribution is 0.0950. The van der Waals surface area contributed by atoms with Crippen molar-refractivity contribution in [1.29, 1.82) is 0 Å². The maximum Gasteiger partial charge on any atom is 0.252 e. The maximum absolute atomic E-state index is 12.4. The summed E-state index contributed by atoms with van der Waals surface area (Å²) < 4.78 is 2.03. The van der Waals surface area contributed by atoms with Gasteiger partial charge in [0.15, 0.2) is 5.65 Å². The van der Waals surface area contributed by atoms with E-state index < -0.39 is 0 Å². The lowest BCUT2D eigenvalue weighted by Gasteiger charge is -2.16. The number of hydrogen-bond acceptors (Lipinski definition) is 4. The third-order valence-corrected chi connectivity index (χ3v) is 4.99. The van der Waals surface area contributed by atoms with Crippen LogP contribution in [0.4, 0.5) is 0 Å². The fourth-order valence-corrected chi connectivity index (χ4v) is 3.61. The highest BCUT2D eigenvalue weighted by atomic mass is 32.2. The standard InChI is InChI=1S/C20H24N4OS/c1-5-12-21-18(25)15-8-6-7-9-16(15)26-14-10-11-17-22-23-19(20(2,3)4)24(17)13-14/h6-11,13H,5,12H2,1-4H3,(H,21,25). The first-order valence-electron chi connectivity index (χ1n) is 8.80. The molecule has 0 spiro atoms. The second-order valence-corrected chi connectivity index (χ2v) is 8.34. The zero-order chi connectivity index (χ0) is 18.7. The highest BCUT2D eigenvalue weighted by molar-refractivity contribution is 7.99. The Hall–Kier alpha value is -2.34. The summed E-state index contributed by atoms with van der Waals surface area (Å²) >= 11 is 1.58. The molecule has 6 heteroatoms. The molecule has 3 aromatic rings. The van der Waals surface area contributed by atoms with E-state index in [0.29, 0.717) is 12.1 Å². The molecule has 0 fully saturated rings. The fourth-order valence-electron chi connectivity index (χ4n) is 2.65. The van der Waals surface area contributed by atoms with Crippen LogP contribution < -0.4 is 5.32 Å². The van der Waals surface area contributed by atoms with Crippen LogP contribution >= 0.6 is 11.8 Å². The molecule has 0 unspecified atom stereocenters. The first-order valence-corrected chi connectivity index (χ1v) is 9.62. The van der Waals surface area contributed by atoms with Gasteiger partial charge in [0.05, 0.1) is 5.56 Å². The van der Waals surface area contributed by atoms with Gasteiger partial charge in [-0.1, -0.05) is 51.6 Å². The smallest absolute Gasteiger partial charge is 0.252 e. The van der Waals surface area contributed by atoms with E-state index in [1.807, 2.05) is 53.9 Å². The summed E-state index contributed by atoms with van der Waals surface area (Å²) in [6, 6.07) is 11.7. The van der Waals surface area contributed by atoms with Crippen LogP contribution in [0.2, 0.25) is 0 Å². The minimum atomic E-state index is -0.0966.